The second-order valence-corrected chi connectivity index (χ2v) is 11.2. The van der Waals surface area contributed by atoms with Gasteiger partial charge in [-0.05, 0) is 12.1 Å². The zero-order chi connectivity index (χ0) is 15.2. The molecule has 0 saturated heterocycles. The third kappa shape index (κ3) is 4.13. The summed E-state index contributed by atoms with van der Waals surface area (Å²) >= 11 is 3.68. The molecule has 0 radical (unpaired) electrons. The van der Waals surface area contributed by atoms with Crippen molar-refractivity contribution in [3.05, 3.63) is 12.1 Å². The van der Waals surface area contributed by atoms with Crippen LogP contribution in [0.4, 0.5) is 0 Å². The average molecular weight is 406 g/mol. The van der Waals surface area contributed by atoms with Gasteiger partial charge in [0.15, 0.2) is 0 Å². The molecule has 0 fully saturated rings. The van der Waals surface area contributed by atoms with Gasteiger partial charge in [-0.25, -0.2) is 25.3 Å². The van der Waals surface area contributed by atoms with Gasteiger partial charge in [0, 0.05) is 36.9 Å². The van der Waals surface area contributed by atoms with Gasteiger partial charge in [-0.3, -0.25) is 0 Å². The van der Waals surface area contributed by atoms with Crippen LogP contribution in [0.2, 0.25) is 0 Å². The minimum Gasteiger partial charge on any atom is -0.207 e. The summed E-state index contributed by atoms with van der Waals surface area (Å²) < 4.78 is 67.3. The van der Waals surface area contributed by atoms with E-state index in [-0.39, 0.29) is 0 Å². The summed E-state index contributed by atoms with van der Waals surface area (Å²) in [6.07, 6.45) is 0. The van der Waals surface area contributed by atoms with Gasteiger partial charge in [-0.1, -0.05) is 0 Å². The molecule has 13 heteroatoms. The second-order valence-electron chi connectivity index (χ2n) is 3.08. The molecule has 0 saturated carbocycles. The Morgan fingerprint density at radius 3 is 1.26 bits per heavy atom. The lowest BCUT2D eigenvalue weighted by Crippen LogP contribution is -2.03. The van der Waals surface area contributed by atoms with Crippen molar-refractivity contribution in [2.24, 2.45) is 0 Å². The molecular formula is C6H3Cl3O6S4. The number of hydrogen-bond acceptors (Lipinski definition) is 7. The fourth-order valence-corrected chi connectivity index (χ4v) is 5.19. The van der Waals surface area contributed by atoms with Crippen LogP contribution in [-0.4, -0.2) is 25.3 Å². The maximum Gasteiger partial charge on any atom is 0.262 e. The fraction of sp³-hybridized carbons (Fsp3) is 0. The summed E-state index contributed by atoms with van der Waals surface area (Å²) in [5, 5.41) is 0. The Kier molecular flexibility index (Phi) is 4.79. The second kappa shape index (κ2) is 5.24. The Morgan fingerprint density at radius 2 is 1.05 bits per heavy atom. The average Bonchev–Trinajstić information content (AvgIpc) is 2.11. The van der Waals surface area contributed by atoms with E-state index in [1.165, 1.54) is 0 Å². The van der Waals surface area contributed by atoms with Gasteiger partial charge in [0.1, 0.15) is 0 Å². The first-order valence-corrected chi connectivity index (χ1v) is 11.3. The molecule has 108 valence electrons. The lowest BCUT2D eigenvalue weighted by atomic mass is 10.3. The molecule has 0 aliphatic rings. The molecule has 0 atom stereocenters. The molecule has 0 spiro atoms. The van der Waals surface area contributed by atoms with Crippen molar-refractivity contribution in [2.45, 2.75) is 19.6 Å². The smallest absolute Gasteiger partial charge is 0.207 e. The highest BCUT2D eigenvalue weighted by Crippen LogP contribution is 2.34. The molecule has 0 aromatic heterocycles. The first-order valence-electron chi connectivity index (χ1n) is 3.95. The molecule has 0 aliphatic carbocycles. The van der Waals surface area contributed by atoms with Gasteiger partial charge in [0.05, 0.1) is 14.7 Å². The number of rotatable bonds is 3. The quantitative estimate of drug-likeness (QED) is 0.607. The number of thiol groups is 1. The molecule has 0 amide bonds. The largest absolute Gasteiger partial charge is 0.262 e. The van der Waals surface area contributed by atoms with Crippen LogP contribution in [0.15, 0.2) is 31.7 Å². The van der Waals surface area contributed by atoms with E-state index in [0.717, 1.165) is 0 Å². The van der Waals surface area contributed by atoms with Crippen molar-refractivity contribution >= 4 is 71.8 Å². The number of hydrogen-bond donors (Lipinski definition) is 1. The van der Waals surface area contributed by atoms with E-state index < -0.39 is 46.7 Å². The molecule has 0 heterocycles. The Labute approximate surface area is 128 Å². The van der Waals surface area contributed by atoms with Crippen molar-refractivity contribution in [1.82, 2.24) is 0 Å². The van der Waals surface area contributed by atoms with Crippen LogP contribution < -0.4 is 0 Å². The van der Waals surface area contributed by atoms with Crippen LogP contribution in [0.3, 0.4) is 0 Å². The van der Waals surface area contributed by atoms with Crippen LogP contribution in [0.25, 0.3) is 0 Å². The van der Waals surface area contributed by atoms with Gasteiger partial charge in [0.2, 0.25) is 0 Å². The van der Waals surface area contributed by atoms with Gasteiger partial charge < -0.3 is 0 Å². The Bertz CT molecular complexity index is 786. The van der Waals surface area contributed by atoms with E-state index >= 15 is 0 Å². The lowest BCUT2D eigenvalue weighted by molar-refractivity contribution is 0.601. The first kappa shape index (κ1) is 17.3. The van der Waals surface area contributed by atoms with Crippen LogP contribution in [-0.2, 0) is 27.2 Å². The van der Waals surface area contributed by atoms with Crippen molar-refractivity contribution in [2.75, 3.05) is 0 Å². The van der Waals surface area contributed by atoms with Gasteiger partial charge >= 0.3 is 0 Å². The molecule has 19 heavy (non-hydrogen) atoms. The van der Waals surface area contributed by atoms with Crippen LogP contribution in [0.1, 0.15) is 0 Å². The van der Waals surface area contributed by atoms with Gasteiger partial charge in [0.25, 0.3) is 27.2 Å². The Balaban J connectivity index is 4.00. The Hall–Kier alpha value is 0.290. The highest BCUT2D eigenvalue weighted by molar-refractivity contribution is 8.15. The summed E-state index contributed by atoms with van der Waals surface area (Å²) in [6.45, 7) is 0. The summed E-state index contributed by atoms with van der Waals surface area (Å²) in [4.78, 5) is -3.06. The standard InChI is InChI=1S/C6H3Cl3O6S4/c7-17(10,11)3-1-4(18(8,12)13)6(16)5(2-3)19(9,14)15/h1-2,16H. The van der Waals surface area contributed by atoms with Gasteiger partial charge in [-0.15, -0.1) is 12.6 Å². The van der Waals surface area contributed by atoms with Crippen LogP contribution in [0, 0.1) is 0 Å². The predicted molar refractivity (Wildman–Crippen MR) is 72.8 cm³/mol. The molecule has 0 unspecified atom stereocenters. The molecule has 1 rings (SSSR count). The minimum absolute atomic E-state index is 0.582. The molecule has 0 N–H and O–H groups in total. The highest BCUT2D eigenvalue weighted by Gasteiger charge is 2.27. The monoisotopic (exact) mass is 404 g/mol. The van der Waals surface area contributed by atoms with E-state index in [0.29, 0.717) is 12.1 Å². The van der Waals surface area contributed by atoms with E-state index in [9.17, 15) is 25.3 Å². The van der Waals surface area contributed by atoms with Gasteiger partial charge in [-0.2, -0.15) is 0 Å². The lowest BCUT2D eigenvalue weighted by Gasteiger charge is -2.08. The third-order valence-corrected chi connectivity index (χ3v) is 6.63. The number of benzene rings is 1. The number of halogens is 3. The van der Waals surface area contributed by atoms with E-state index in [1.807, 2.05) is 0 Å². The highest BCUT2D eigenvalue weighted by atomic mass is 35.7. The summed E-state index contributed by atoms with van der Waals surface area (Å²) in [6, 6.07) is 1.16. The zero-order valence-corrected chi connectivity index (χ0v) is 14.0. The summed E-state index contributed by atoms with van der Waals surface area (Å²) in [5.74, 6) is 0. The summed E-state index contributed by atoms with van der Waals surface area (Å²) in [5.41, 5.74) is 0. The van der Waals surface area contributed by atoms with E-state index in [4.69, 9.17) is 32.0 Å². The maximum absolute atomic E-state index is 11.3. The zero-order valence-electron chi connectivity index (χ0n) is 8.41. The first-order chi connectivity index (χ1) is 8.24. The Morgan fingerprint density at radius 1 is 0.737 bits per heavy atom. The fourth-order valence-electron chi connectivity index (χ4n) is 1.07. The predicted octanol–water partition coefficient (Wildman–Crippen LogP) is 1.76. The van der Waals surface area contributed by atoms with Crippen molar-refractivity contribution in [3.8, 4) is 0 Å². The molecule has 6 nitrogen and oxygen atoms in total. The molecular weight excluding hydrogens is 403 g/mol. The summed E-state index contributed by atoms with van der Waals surface area (Å²) in [7, 11) is 1.85. The normalized spacial score (nSPS) is 13.5. The SMILES string of the molecule is O=S(=O)(Cl)c1cc(S(=O)(=O)Cl)c(S)c(S(=O)(=O)Cl)c1. The van der Waals surface area contributed by atoms with E-state index in [1.54, 1.807) is 0 Å². The maximum atomic E-state index is 11.3. The van der Waals surface area contributed by atoms with Crippen LogP contribution in [0.5, 0.6) is 0 Å². The molecule has 0 aliphatic heterocycles. The van der Waals surface area contributed by atoms with Crippen molar-refractivity contribution in [3.63, 3.8) is 0 Å². The topological polar surface area (TPSA) is 102 Å². The van der Waals surface area contributed by atoms with Crippen molar-refractivity contribution in [1.29, 1.82) is 0 Å². The third-order valence-electron chi connectivity index (χ3n) is 1.82. The molecule has 1 aromatic rings. The minimum atomic E-state index is -4.45. The molecule has 0 bridgehead atoms. The van der Waals surface area contributed by atoms with E-state index in [2.05, 4.69) is 12.6 Å². The molecule has 1 aromatic carbocycles. The van der Waals surface area contributed by atoms with Crippen molar-refractivity contribution < 1.29 is 25.3 Å². The van der Waals surface area contributed by atoms with Crippen LogP contribution >= 0.6 is 44.7 Å².